The van der Waals surface area contributed by atoms with Gasteiger partial charge in [-0.05, 0) is 42.0 Å². The van der Waals surface area contributed by atoms with Crippen LogP contribution in [0.5, 0.6) is 11.5 Å². The average molecular weight is 339 g/mol. The average Bonchev–Trinajstić information content (AvgIpc) is 3.20. The first-order valence-corrected chi connectivity index (χ1v) is 7.63. The zero-order chi connectivity index (χ0) is 17.5. The predicted molar refractivity (Wildman–Crippen MR) is 90.1 cm³/mol. The van der Waals surface area contributed by atoms with E-state index in [2.05, 4.69) is 15.5 Å². The SMILES string of the molecule is COc1ccc(CNC(=O)COc2ccc(-c3nnco3)cc2)cc1. The summed E-state index contributed by atoms with van der Waals surface area (Å²) in [6.45, 7) is 0.373. The zero-order valence-electron chi connectivity index (χ0n) is 13.6. The van der Waals surface area contributed by atoms with E-state index in [1.54, 1.807) is 31.4 Å². The molecule has 128 valence electrons. The number of aromatic nitrogens is 2. The summed E-state index contributed by atoms with van der Waals surface area (Å²) in [7, 11) is 1.61. The summed E-state index contributed by atoms with van der Waals surface area (Å²) in [5.74, 6) is 1.60. The molecular formula is C18H17N3O4. The van der Waals surface area contributed by atoms with E-state index in [4.69, 9.17) is 13.9 Å². The monoisotopic (exact) mass is 339 g/mol. The fraction of sp³-hybridized carbons (Fsp3) is 0.167. The van der Waals surface area contributed by atoms with Gasteiger partial charge < -0.3 is 19.2 Å². The van der Waals surface area contributed by atoms with Crippen molar-refractivity contribution in [2.45, 2.75) is 6.54 Å². The fourth-order valence-corrected chi connectivity index (χ4v) is 2.14. The Balaban J connectivity index is 1.45. The smallest absolute Gasteiger partial charge is 0.258 e. The van der Waals surface area contributed by atoms with Crippen LogP contribution in [0.4, 0.5) is 0 Å². The molecule has 0 bridgehead atoms. The first-order valence-electron chi connectivity index (χ1n) is 7.63. The van der Waals surface area contributed by atoms with Crippen LogP contribution in [0.25, 0.3) is 11.5 Å². The van der Waals surface area contributed by atoms with Gasteiger partial charge in [0, 0.05) is 12.1 Å². The van der Waals surface area contributed by atoms with Crippen LogP contribution in [-0.4, -0.2) is 29.8 Å². The number of hydrogen-bond acceptors (Lipinski definition) is 6. The van der Waals surface area contributed by atoms with Gasteiger partial charge in [0.25, 0.3) is 5.91 Å². The third-order valence-electron chi connectivity index (χ3n) is 3.48. The third-order valence-corrected chi connectivity index (χ3v) is 3.48. The van der Waals surface area contributed by atoms with Gasteiger partial charge in [-0.3, -0.25) is 4.79 Å². The molecule has 2 aromatic carbocycles. The first kappa shape index (κ1) is 16.5. The third kappa shape index (κ3) is 4.57. The highest BCUT2D eigenvalue weighted by Crippen LogP contribution is 2.20. The Morgan fingerprint density at radius 3 is 2.44 bits per heavy atom. The lowest BCUT2D eigenvalue weighted by Gasteiger charge is -2.08. The molecule has 0 saturated carbocycles. The van der Waals surface area contributed by atoms with E-state index in [1.807, 2.05) is 24.3 Å². The van der Waals surface area contributed by atoms with Crippen molar-refractivity contribution in [3.63, 3.8) is 0 Å². The van der Waals surface area contributed by atoms with Crippen molar-refractivity contribution < 1.29 is 18.7 Å². The Bertz CT molecular complexity index is 799. The van der Waals surface area contributed by atoms with E-state index in [1.165, 1.54) is 6.39 Å². The topological polar surface area (TPSA) is 86.5 Å². The number of benzene rings is 2. The maximum atomic E-state index is 11.9. The van der Waals surface area contributed by atoms with Gasteiger partial charge in [0.15, 0.2) is 6.61 Å². The standard InChI is InChI=1S/C18H17N3O4/c1-23-15-6-2-13(3-7-15)10-19-17(22)11-24-16-8-4-14(5-9-16)18-21-20-12-25-18/h2-9,12H,10-11H2,1H3,(H,19,22). The summed E-state index contributed by atoms with van der Waals surface area (Å²) in [6, 6.07) is 14.6. The first-order chi connectivity index (χ1) is 12.2. The highest BCUT2D eigenvalue weighted by atomic mass is 16.5. The van der Waals surface area contributed by atoms with E-state index in [-0.39, 0.29) is 12.5 Å². The Morgan fingerprint density at radius 1 is 1.08 bits per heavy atom. The second kappa shape index (κ2) is 7.96. The molecule has 1 heterocycles. The maximum absolute atomic E-state index is 11.9. The van der Waals surface area contributed by atoms with Crippen molar-refractivity contribution >= 4 is 5.91 Å². The van der Waals surface area contributed by atoms with Crippen LogP contribution < -0.4 is 14.8 Å². The molecule has 1 amide bonds. The van der Waals surface area contributed by atoms with E-state index >= 15 is 0 Å². The van der Waals surface area contributed by atoms with Crippen molar-refractivity contribution in [2.75, 3.05) is 13.7 Å². The minimum absolute atomic E-state index is 0.0595. The number of carbonyl (C=O) groups excluding carboxylic acids is 1. The Kier molecular flexibility index (Phi) is 5.26. The van der Waals surface area contributed by atoms with Crippen LogP contribution >= 0.6 is 0 Å². The number of hydrogen-bond donors (Lipinski definition) is 1. The van der Waals surface area contributed by atoms with Gasteiger partial charge in [-0.1, -0.05) is 12.1 Å². The normalized spacial score (nSPS) is 10.3. The molecule has 7 nitrogen and oxygen atoms in total. The van der Waals surface area contributed by atoms with Crippen molar-refractivity contribution in [3.8, 4) is 23.0 Å². The van der Waals surface area contributed by atoms with E-state index < -0.39 is 0 Å². The Labute approximate surface area is 144 Å². The van der Waals surface area contributed by atoms with Gasteiger partial charge in [0.05, 0.1) is 7.11 Å². The van der Waals surface area contributed by atoms with Crippen molar-refractivity contribution in [1.29, 1.82) is 0 Å². The lowest BCUT2D eigenvalue weighted by Crippen LogP contribution is -2.28. The Hall–Kier alpha value is -3.35. The van der Waals surface area contributed by atoms with E-state index in [0.717, 1.165) is 16.9 Å². The molecule has 0 aliphatic heterocycles. The highest BCUT2D eigenvalue weighted by molar-refractivity contribution is 5.77. The molecule has 25 heavy (non-hydrogen) atoms. The van der Waals surface area contributed by atoms with Crippen LogP contribution in [0.15, 0.2) is 59.3 Å². The van der Waals surface area contributed by atoms with Crippen LogP contribution in [-0.2, 0) is 11.3 Å². The number of ether oxygens (including phenoxy) is 2. The zero-order valence-corrected chi connectivity index (χ0v) is 13.6. The maximum Gasteiger partial charge on any atom is 0.258 e. The molecule has 7 heteroatoms. The number of methoxy groups -OCH3 is 1. The summed E-state index contributed by atoms with van der Waals surface area (Å²) >= 11 is 0. The lowest BCUT2D eigenvalue weighted by molar-refractivity contribution is -0.123. The second-order valence-electron chi connectivity index (χ2n) is 5.18. The van der Waals surface area contributed by atoms with Gasteiger partial charge in [-0.2, -0.15) is 0 Å². The van der Waals surface area contributed by atoms with Crippen LogP contribution in [0.3, 0.4) is 0 Å². The molecule has 0 saturated heterocycles. The molecule has 0 atom stereocenters. The van der Waals surface area contributed by atoms with E-state index in [9.17, 15) is 4.79 Å². The molecule has 0 aliphatic rings. The molecule has 1 N–H and O–H groups in total. The number of rotatable bonds is 7. The molecule has 0 fully saturated rings. The van der Waals surface area contributed by atoms with E-state index in [0.29, 0.717) is 18.2 Å². The number of carbonyl (C=O) groups is 1. The second-order valence-corrected chi connectivity index (χ2v) is 5.18. The molecule has 0 radical (unpaired) electrons. The predicted octanol–water partition coefficient (Wildman–Crippen LogP) is 2.44. The number of amides is 1. The van der Waals surface area contributed by atoms with Gasteiger partial charge in [0.1, 0.15) is 11.5 Å². The van der Waals surface area contributed by atoms with Crippen molar-refractivity contribution in [3.05, 3.63) is 60.5 Å². The number of nitrogens with zero attached hydrogens (tertiary/aromatic N) is 2. The van der Waals surface area contributed by atoms with Crippen LogP contribution in [0.1, 0.15) is 5.56 Å². The van der Waals surface area contributed by atoms with Gasteiger partial charge in [-0.25, -0.2) is 0 Å². The van der Waals surface area contributed by atoms with Crippen molar-refractivity contribution in [1.82, 2.24) is 15.5 Å². The highest BCUT2D eigenvalue weighted by Gasteiger charge is 2.06. The summed E-state index contributed by atoms with van der Waals surface area (Å²) in [6.07, 6.45) is 1.27. The number of nitrogens with one attached hydrogen (secondary N) is 1. The fourth-order valence-electron chi connectivity index (χ4n) is 2.14. The summed E-state index contributed by atoms with van der Waals surface area (Å²) in [5.41, 5.74) is 1.77. The van der Waals surface area contributed by atoms with Gasteiger partial charge in [0.2, 0.25) is 12.3 Å². The quantitative estimate of drug-likeness (QED) is 0.711. The molecule has 0 unspecified atom stereocenters. The van der Waals surface area contributed by atoms with Gasteiger partial charge in [-0.15, -0.1) is 10.2 Å². The summed E-state index contributed by atoms with van der Waals surface area (Å²) < 4.78 is 15.7. The molecule has 3 aromatic rings. The summed E-state index contributed by atoms with van der Waals surface area (Å²) in [4.78, 5) is 11.9. The molecule has 1 aromatic heterocycles. The largest absolute Gasteiger partial charge is 0.497 e. The van der Waals surface area contributed by atoms with Crippen molar-refractivity contribution in [2.24, 2.45) is 0 Å². The van der Waals surface area contributed by atoms with Crippen LogP contribution in [0, 0.1) is 0 Å². The Morgan fingerprint density at radius 2 is 1.80 bits per heavy atom. The molecule has 0 aliphatic carbocycles. The van der Waals surface area contributed by atoms with Crippen LogP contribution in [0.2, 0.25) is 0 Å². The molecule has 3 rings (SSSR count). The van der Waals surface area contributed by atoms with Gasteiger partial charge >= 0.3 is 0 Å². The molecular weight excluding hydrogens is 322 g/mol. The minimum Gasteiger partial charge on any atom is -0.497 e. The lowest BCUT2D eigenvalue weighted by atomic mass is 10.2. The minimum atomic E-state index is -0.197. The molecule has 0 spiro atoms. The summed E-state index contributed by atoms with van der Waals surface area (Å²) in [5, 5.41) is 10.3.